The Morgan fingerprint density at radius 1 is 1.05 bits per heavy atom. The molecule has 1 aliphatic rings. The molecule has 1 fully saturated rings. The first-order chi connectivity index (χ1) is 18.1. The molecule has 0 unspecified atom stereocenters. The molecule has 0 saturated heterocycles. The molecule has 2 atom stereocenters. The lowest BCUT2D eigenvalue weighted by molar-refractivity contribution is 0.0936. The van der Waals surface area contributed by atoms with Crippen LogP contribution in [-0.4, -0.2) is 34.5 Å². The average molecular weight is 495 g/mol. The first-order valence-electron chi connectivity index (χ1n) is 13.2. The van der Waals surface area contributed by atoms with Gasteiger partial charge in [-0.2, -0.15) is 0 Å². The highest BCUT2D eigenvalue weighted by Gasteiger charge is 2.21. The summed E-state index contributed by atoms with van der Waals surface area (Å²) in [6, 6.07) is 15.8. The largest absolute Gasteiger partial charge is 0.496 e. The summed E-state index contributed by atoms with van der Waals surface area (Å²) >= 11 is 0. The molecule has 1 N–H and O–H groups in total. The van der Waals surface area contributed by atoms with Gasteiger partial charge in [0.2, 0.25) is 0 Å². The Labute approximate surface area is 218 Å². The fourth-order valence-electron chi connectivity index (χ4n) is 5.36. The Morgan fingerprint density at radius 3 is 2.76 bits per heavy atom. The number of carbonyl (C=O) groups is 1. The summed E-state index contributed by atoms with van der Waals surface area (Å²) in [5.41, 5.74) is 5.08. The second-order valence-electron chi connectivity index (χ2n) is 10.1. The second-order valence-corrected chi connectivity index (χ2v) is 10.1. The van der Waals surface area contributed by atoms with Crippen molar-refractivity contribution in [3.63, 3.8) is 0 Å². The molecule has 0 bridgehead atoms. The van der Waals surface area contributed by atoms with Gasteiger partial charge < -0.3 is 10.1 Å². The van der Waals surface area contributed by atoms with Gasteiger partial charge in [0, 0.05) is 30.5 Å². The molecule has 0 radical (unpaired) electrons. The van der Waals surface area contributed by atoms with Crippen LogP contribution in [0.15, 0.2) is 67.1 Å². The minimum atomic E-state index is -0.0967. The fraction of sp³-hybridized carbons (Fsp3) is 0.355. The van der Waals surface area contributed by atoms with Gasteiger partial charge in [-0.25, -0.2) is 4.98 Å². The number of nitrogens with zero attached hydrogens (tertiary/aromatic N) is 3. The number of ether oxygens (including phenoxy) is 1. The first-order valence-corrected chi connectivity index (χ1v) is 13.2. The summed E-state index contributed by atoms with van der Waals surface area (Å²) < 4.78 is 5.46. The molecule has 1 aromatic carbocycles. The summed E-state index contributed by atoms with van der Waals surface area (Å²) in [5.74, 6) is 1.82. The summed E-state index contributed by atoms with van der Waals surface area (Å²) in [5, 5.41) is 4.24. The Bertz CT molecular complexity index is 1370. The van der Waals surface area contributed by atoms with E-state index in [-0.39, 0.29) is 5.91 Å². The second kappa shape index (κ2) is 11.5. The van der Waals surface area contributed by atoms with Crippen molar-refractivity contribution < 1.29 is 9.53 Å². The number of benzene rings is 1. The van der Waals surface area contributed by atoms with Gasteiger partial charge in [0.15, 0.2) is 0 Å². The predicted octanol–water partition coefficient (Wildman–Crippen LogP) is 6.24. The number of nitrogens with one attached hydrogen (secondary N) is 1. The first kappa shape index (κ1) is 24.9. The van der Waals surface area contributed by atoms with Crippen LogP contribution in [0.2, 0.25) is 0 Å². The number of aromatic nitrogens is 3. The Hall–Kier alpha value is -3.80. The molecular formula is C31H34N4O2. The molecule has 3 heterocycles. The van der Waals surface area contributed by atoms with E-state index in [0.29, 0.717) is 30.5 Å². The van der Waals surface area contributed by atoms with Gasteiger partial charge in [-0.05, 0) is 60.1 Å². The van der Waals surface area contributed by atoms with E-state index in [4.69, 9.17) is 9.72 Å². The van der Waals surface area contributed by atoms with Gasteiger partial charge in [0.05, 0.1) is 23.9 Å². The highest BCUT2D eigenvalue weighted by molar-refractivity contribution is 5.96. The number of rotatable bonds is 7. The summed E-state index contributed by atoms with van der Waals surface area (Å²) in [6.07, 6.45) is 12.3. The minimum Gasteiger partial charge on any atom is -0.496 e. The minimum absolute atomic E-state index is 0.0967. The number of hydrogen-bond donors (Lipinski definition) is 1. The van der Waals surface area contributed by atoms with E-state index in [0.717, 1.165) is 39.0 Å². The quantitative estimate of drug-likeness (QED) is 0.308. The Balaban J connectivity index is 1.37. The third-order valence-electron chi connectivity index (χ3n) is 7.59. The lowest BCUT2D eigenvalue weighted by Gasteiger charge is -2.21. The summed E-state index contributed by atoms with van der Waals surface area (Å²) in [7, 11) is 1.65. The van der Waals surface area contributed by atoms with Gasteiger partial charge in [-0.15, -0.1) is 0 Å². The zero-order valence-electron chi connectivity index (χ0n) is 21.6. The number of amides is 1. The van der Waals surface area contributed by atoms with Gasteiger partial charge >= 0.3 is 0 Å². The molecule has 3 aromatic heterocycles. The van der Waals surface area contributed by atoms with Crippen molar-refractivity contribution in [3.05, 3.63) is 83.9 Å². The molecule has 5 rings (SSSR count). The van der Waals surface area contributed by atoms with E-state index in [9.17, 15) is 4.79 Å². The highest BCUT2D eigenvalue weighted by atomic mass is 16.5. The van der Waals surface area contributed by atoms with Crippen molar-refractivity contribution in [3.8, 4) is 17.0 Å². The Morgan fingerprint density at radius 2 is 1.92 bits per heavy atom. The van der Waals surface area contributed by atoms with Crippen LogP contribution in [0.3, 0.4) is 0 Å². The molecule has 6 heteroatoms. The maximum atomic E-state index is 13.2. The number of pyridine rings is 3. The zero-order chi connectivity index (χ0) is 25.6. The van der Waals surface area contributed by atoms with Crippen molar-refractivity contribution in [1.82, 2.24) is 20.3 Å². The van der Waals surface area contributed by atoms with Crippen molar-refractivity contribution >= 4 is 16.8 Å². The van der Waals surface area contributed by atoms with Crippen molar-refractivity contribution in [2.75, 3.05) is 13.7 Å². The molecule has 0 aliphatic heterocycles. The SMILES string of the molecule is COc1ccncc1-c1ccc(Cc2cc(C(=O)NC[C@H]3CCCCC[C@@H]3C)nc3ccccc23)cn1. The number of methoxy groups -OCH3 is 1. The maximum Gasteiger partial charge on any atom is 0.269 e. The third kappa shape index (κ3) is 5.79. The number of para-hydroxylation sites is 1. The molecule has 4 aromatic rings. The Kier molecular flexibility index (Phi) is 7.73. The van der Waals surface area contributed by atoms with Crippen LogP contribution in [0.1, 0.15) is 60.6 Å². The average Bonchev–Trinajstić information content (AvgIpc) is 3.15. The van der Waals surface area contributed by atoms with Crippen LogP contribution in [0.5, 0.6) is 5.75 Å². The van der Waals surface area contributed by atoms with Crippen molar-refractivity contribution in [2.45, 2.75) is 45.4 Å². The number of hydrogen-bond acceptors (Lipinski definition) is 5. The monoisotopic (exact) mass is 494 g/mol. The van der Waals surface area contributed by atoms with Crippen LogP contribution in [-0.2, 0) is 6.42 Å². The van der Waals surface area contributed by atoms with Crippen LogP contribution < -0.4 is 10.1 Å². The molecule has 37 heavy (non-hydrogen) atoms. The lowest BCUT2D eigenvalue weighted by Crippen LogP contribution is -2.32. The van der Waals surface area contributed by atoms with Crippen LogP contribution in [0.4, 0.5) is 0 Å². The number of carbonyl (C=O) groups excluding carboxylic acids is 1. The molecule has 0 spiro atoms. The van der Waals surface area contributed by atoms with E-state index in [1.807, 2.05) is 42.6 Å². The van der Waals surface area contributed by atoms with Gasteiger partial charge in [-0.1, -0.05) is 56.9 Å². The molecule has 1 amide bonds. The van der Waals surface area contributed by atoms with E-state index in [1.54, 1.807) is 19.5 Å². The summed E-state index contributed by atoms with van der Waals surface area (Å²) in [6.45, 7) is 3.03. The topological polar surface area (TPSA) is 77.0 Å². The standard InChI is InChI=1S/C31H34N4O2/c1-21-8-4-3-5-9-23(21)19-34-31(36)29-17-24(25-10-6-7-11-28(25)35-29)16-22-12-13-27(33-18-22)26-20-32-15-14-30(26)37-2/h6-7,10-15,17-18,20-21,23H,3-5,8-9,16,19H2,1-2H3,(H,34,36)/t21-,23+/m0/s1. The van der Waals surface area contributed by atoms with Gasteiger partial charge in [0.1, 0.15) is 11.4 Å². The van der Waals surface area contributed by atoms with Crippen molar-refractivity contribution in [1.29, 1.82) is 0 Å². The summed E-state index contributed by atoms with van der Waals surface area (Å²) in [4.78, 5) is 26.8. The smallest absolute Gasteiger partial charge is 0.269 e. The van der Waals surface area contributed by atoms with Gasteiger partial charge in [-0.3, -0.25) is 14.8 Å². The zero-order valence-corrected chi connectivity index (χ0v) is 21.6. The fourth-order valence-corrected chi connectivity index (χ4v) is 5.36. The van der Waals surface area contributed by atoms with Crippen molar-refractivity contribution in [2.24, 2.45) is 11.8 Å². The van der Waals surface area contributed by atoms with E-state index >= 15 is 0 Å². The van der Waals surface area contributed by atoms with E-state index in [2.05, 4.69) is 34.3 Å². The van der Waals surface area contributed by atoms with E-state index < -0.39 is 0 Å². The van der Waals surface area contributed by atoms with Crippen LogP contribution >= 0.6 is 0 Å². The van der Waals surface area contributed by atoms with E-state index in [1.165, 1.54) is 32.1 Å². The molecule has 190 valence electrons. The van der Waals surface area contributed by atoms with Gasteiger partial charge in [0.25, 0.3) is 5.91 Å². The van der Waals surface area contributed by atoms with Crippen LogP contribution in [0.25, 0.3) is 22.2 Å². The highest BCUT2D eigenvalue weighted by Crippen LogP contribution is 2.29. The predicted molar refractivity (Wildman–Crippen MR) is 147 cm³/mol. The molecule has 6 nitrogen and oxygen atoms in total. The molecule has 1 saturated carbocycles. The number of fused-ring (bicyclic) bond motifs is 1. The molecular weight excluding hydrogens is 460 g/mol. The lowest BCUT2D eigenvalue weighted by atomic mass is 9.89. The maximum absolute atomic E-state index is 13.2. The normalized spacial score (nSPS) is 17.8. The van der Waals surface area contributed by atoms with Crippen LogP contribution in [0, 0.1) is 11.8 Å². The third-order valence-corrected chi connectivity index (χ3v) is 7.59. The molecule has 1 aliphatic carbocycles.